The molecule has 0 heterocycles. The first-order chi connectivity index (χ1) is 9.09. The van der Waals surface area contributed by atoms with Crippen molar-refractivity contribution in [3.63, 3.8) is 0 Å². The van der Waals surface area contributed by atoms with Crippen LogP contribution in [0.2, 0.25) is 0 Å². The van der Waals surface area contributed by atoms with E-state index >= 15 is 0 Å². The lowest BCUT2D eigenvalue weighted by molar-refractivity contribution is -0.132. The van der Waals surface area contributed by atoms with Crippen LogP contribution in [0.3, 0.4) is 0 Å². The summed E-state index contributed by atoms with van der Waals surface area (Å²) in [5.41, 5.74) is 3.14. The minimum absolute atomic E-state index is 0.0781. The van der Waals surface area contributed by atoms with E-state index < -0.39 is 0 Å². The maximum absolute atomic E-state index is 12.3. The van der Waals surface area contributed by atoms with Gasteiger partial charge < -0.3 is 0 Å². The number of carbonyl (C=O) groups is 2. The average Bonchev–Trinajstić information content (AvgIpc) is 2.99. The molecule has 0 saturated heterocycles. The van der Waals surface area contributed by atoms with E-state index in [0.29, 0.717) is 11.8 Å². The molecule has 4 aliphatic rings. The Balaban J connectivity index is 1.86. The molecule has 0 amide bonds. The molecule has 0 radical (unpaired) electrons. The zero-order valence-electron chi connectivity index (χ0n) is 11.6. The van der Waals surface area contributed by atoms with E-state index in [1.165, 1.54) is 31.4 Å². The minimum atomic E-state index is -0.0781. The maximum Gasteiger partial charge on any atom is 0.160 e. The van der Waals surface area contributed by atoms with Crippen LogP contribution in [0, 0.1) is 35.5 Å². The SMILES string of the molecule is C[C@@H]1C2=C([C@@H]3CC[C@@H]2C3)[C@H](C)[C@H]2C(=O)C=CC(=O)[C@@H]21. The van der Waals surface area contributed by atoms with Crippen LogP contribution < -0.4 is 0 Å². The molecule has 2 bridgehead atoms. The van der Waals surface area contributed by atoms with Gasteiger partial charge >= 0.3 is 0 Å². The second-order valence-corrected chi connectivity index (χ2v) is 6.88. The van der Waals surface area contributed by atoms with Crippen LogP contribution in [0.4, 0.5) is 0 Å². The van der Waals surface area contributed by atoms with Gasteiger partial charge in [-0.25, -0.2) is 0 Å². The van der Waals surface area contributed by atoms with Crippen molar-refractivity contribution in [2.75, 3.05) is 0 Å². The third-order valence-corrected chi connectivity index (χ3v) is 6.16. The summed E-state index contributed by atoms with van der Waals surface area (Å²) < 4.78 is 0. The van der Waals surface area contributed by atoms with Gasteiger partial charge in [-0.3, -0.25) is 9.59 Å². The Kier molecular flexibility index (Phi) is 2.25. The maximum atomic E-state index is 12.3. The van der Waals surface area contributed by atoms with Gasteiger partial charge in [-0.1, -0.05) is 25.0 Å². The Morgan fingerprint density at radius 2 is 1.26 bits per heavy atom. The third kappa shape index (κ3) is 1.32. The van der Waals surface area contributed by atoms with Crippen molar-refractivity contribution >= 4 is 11.6 Å². The fourth-order valence-corrected chi connectivity index (χ4v) is 5.53. The van der Waals surface area contributed by atoms with Gasteiger partial charge in [-0.2, -0.15) is 0 Å². The highest BCUT2D eigenvalue weighted by Crippen LogP contribution is 2.60. The average molecular weight is 256 g/mol. The van der Waals surface area contributed by atoms with Gasteiger partial charge in [-0.05, 0) is 55.1 Å². The van der Waals surface area contributed by atoms with E-state index in [1.54, 1.807) is 11.1 Å². The van der Waals surface area contributed by atoms with E-state index in [2.05, 4.69) is 13.8 Å². The second-order valence-electron chi connectivity index (χ2n) is 6.88. The molecule has 6 atom stereocenters. The Bertz CT molecular complexity index is 493. The standard InChI is InChI=1S/C17H20O2/c1-8-14-10-3-4-11(7-10)15(14)9(2)17-13(19)6-5-12(18)16(8)17/h5-6,8-11,16-17H,3-4,7H2,1-2H3/t8-,9+,10-,11-,16+,17+/m1/s1. The molecule has 2 nitrogen and oxygen atoms in total. The van der Waals surface area contributed by atoms with Gasteiger partial charge in [0.25, 0.3) is 0 Å². The molecule has 1 saturated carbocycles. The Morgan fingerprint density at radius 1 is 0.842 bits per heavy atom. The van der Waals surface area contributed by atoms with Crippen molar-refractivity contribution < 1.29 is 9.59 Å². The lowest BCUT2D eigenvalue weighted by atomic mass is 9.58. The molecule has 0 aromatic heterocycles. The van der Waals surface area contributed by atoms with Crippen LogP contribution >= 0.6 is 0 Å². The first-order valence-electron chi connectivity index (χ1n) is 7.59. The van der Waals surface area contributed by atoms with Gasteiger partial charge in [0.2, 0.25) is 0 Å². The van der Waals surface area contributed by atoms with Crippen LogP contribution in [-0.4, -0.2) is 11.6 Å². The summed E-state index contributed by atoms with van der Waals surface area (Å²) in [6, 6.07) is 0. The smallest absolute Gasteiger partial charge is 0.160 e. The van der Waals surface area contributed by atoms with Gasteiger partial charge in [0, 0.05) is 11.8 Å². The number of hydrogen-bond acceptors (Lipinski definition) is 2. The van der Waals surface area contributed by atoms with Gasteiger partial charge in [0.15, 0.2) is 11.6 Å². The first-order valence-corrected chi connectivity index (χ1v) is 7.59. The fourth-order valence-electron chi connectivity index (χ4n) is 5.53. The number of carbonyl (C=O) groups excluding carboxylic acids is 2. The lowest BCUT2D eigenvalue weighted by Gasteiger charge is -2.44. The number of hydrogen-bond donors (Lipinski definition) is 0. The molecular weight excluding hydrogens is 236 g/mol. The molecular formula is C17H20O2. The fraction of sp³-hybridized carbons (Fsp3) is 0.647. The summed E-state index contributed by atoms with van der Waals surface area (Å²) in [4.78, 5) is 24.5. The molecule has 0 aromatic carbocycles. The Morgan fingerprint density at radius 3 is 1.68 bits per heavy atom. The van der Waals surface area contributed by atoms with Crippen molar-refractivity contribution in [1.82, 2.24) is 0 Å². The quantitative estimate of drug-likeness (QED) is 0.624. The molecule has 19 heavy (non-hydrogen) atoms. The monoisotopic (exact) mass is 256 g/mol. The molecule has 0 N–H and O–H groups in total. The largest absolute Gasteiger partial charge is 0.294 e. The summed E-state index contributed by atoms with van der Waals surface area (Å²) in [6.45, 7) is 4.37. The highest BCUT2D eigenvalue weighted by molar-refractivity contribution is 6.08. The van der Waals surface area contributed by atoms with Crippen molar-refractivity contribution in [2.24, 2.45) is 35.5 Å². The minimum Gasteiger partial charge on any atom is -0.294 e. The molecule has 4 aliphatic carbocycles. The van der Waals surface area contributed by atoms with Crippen molar-refractivity contribution in [3.05, 3.63) is 23.3 Å². The van der Waals surface area contributed by atoms with Crippen LogP contribution in [0.25, 0.3) is 0 Å². The van der Waals surface area contributed by atoms with Gasteiger partial charge in [-0.15, -0.1) is 0 Å². The zero-order valence-corrected chi connectivity index (χ0v) is 11.6. The summed E-state index contributed by atoms with van der Waals surface area (Å²) in [5.74, 6) is 2.20. The zero-order chi connectivity index (χ0) is 13.3. The number of allylic oxidation sites excluding steroid dienone is 4. The van der Waals surface area contributed by atoms with Gasteiger partial charge in [0.05, 0.1) is 0 Å². The molecule has 100 valence electrons. The highest BCUT2D eigenvalue weighted by Gasteiger charge is 2.54. The molecule has 0 aromatic rings. The lowest BCUT2D eigenvalue weighted by Crippen LogP contribution is -2.45. The van der Waals surface area contributed by atoms with Crippen LogP contribution in [0.15, 0.2) is 23.3 Å². The molecule has 0 spiro atoms. The number of ketones is 2. The molecule has 1 fully saturated rings. The van der Waals surface area contributed by atoms with Crippen molar-refractivity contribution in [2.45, 2.75) is 33.1 Å². The summed E-state index contributed by atoms with van der Waals surface area (Å²) in [5, 5.41) is 0. The van der Waals surface area contributed by atoms with Crippen molar-refractivity contribution in [3.8, 4) is 0 Å². The Labute approximate surface area is 113 Å². The van der Waals surface area contributed by atoms with E-state index in [-0.39, 0.29) is 35.2 Å². The van der Waals surface area contributed by atoms with Crippen LogP contribution in [0.1, 0.15) is 33.1 Å². The van der Waals surface area contributed by atoms with E-state index in [4.69, 9.17) is 0 Å². The topological polar surface area (TPSA) is 34.1 Å². The summed E-state index contributed by atoms with van der Waals surface area (Å²) in [7, 11) is 0. The molecule has 0 aliphatic heterocycles. The molecule has 0 unspecified atom stereocenters. The van der Waals surface area contributed by atoms with E-state index in [0.717, 1.165) is 0 Å². The number of rotatable bonds is 0. The number of fused-ring (bicyclic) bond motifs is 5. The Hall–Kier alpha value is -1.18. The summed E-state index contributed by atoms with van der Waals surface area (Å²) in [6.07, 6.45) is 6.93. The van der Waals surface area contributed by atoms with E-state index in [9.17, 15) is 9.59 Å². The first kappa shape index (κ1) is 11.6. The predicted octanol–water partition coefficient (Wildman–Crippen LogP) is 2.94. The van der Waals surface area contributed by atoms with Crippen LogP contribution in [-0.2, 0) is 9.59 Å². The third-order valence-electron chi connectivity index (χ3n) is 6.16. The van der Waals surface area contributed by atoms with Gasteiger partial charge in [0.1, 0.15) is 0 Å². The summed E-state index contributed by atoms with van der Waals surface area (Å²) >= 11 is 0. The van der Waals surface area contributed by atoms with Crippen LogP contribution in [0.5, 0.6) is 0 Å². The molecule has 2 heteroatoms. The highest BCUT2D eigenvalue weighted by atomic mass is 16.1. The van der Waals surface area contributed by atoms with E-state index in [1.807, 2.05) is 0 Å². The second kappa shape index (κ2) is 3.68. The van der Waals surface area contributed by atoms with Crippen molar-refractivity contribution in [1.29, 1.82) is 0 Å². The predicted molar refractivity (Wildman–Crippen MR) is 72.3 cm³/mol. The normalized spacial score (nSPS) is 47.7. The molecule has 4 rings (SSSR count).